The predicted octanol–water partition coefficient (Wildman–Crippen LogP) is 3.24. The molecule has 0 bridgehead atoms. The number of ether oxygens (including phenoxy) is 1. The molecule has 0 saturated carbocycles. The minimum Gasteiger partial charge on any atom is -0.507 e. The summed E-state index contributed by atoms with van der Waals surface area (Å²) in [4.78, 5) is 11.7. The molecule has 1 unspecified atom stereocenters. The molecule has 0 aromatic heterocycles. The number of rotatable bonds is 5. The Bertz CT molecular complexity index is 400. The summed E-state index contributed by atoms with van der Waals surface area (Å²) in [5.74, 6) is 0.589. The topological polar surface area (TPSA) is 46.5 Å². The van der Waals surface area contributed by atoms with Crippen LogP contribution in [0.2, 0.25) is 0 Å². The van der Waals surface area contributed by atoms with Crippen LogP contribution in [0.1, 0.15) is 31.1 Å². The standard InChI is InChI=1S/C13H17ClO3/c1-8(2)7-17-10-4-5-12(15)11(6-10)13(16)9(3)14/h4-6,8-9,15H,7H2,1-3H3. The Morgan fingerprint density at radius 1 is 1.41 bits per heavy atom. The first-order valence-electron chi connectivity index (χ1n) is 5.56. The number of halogens is 1. The largest absolute Gasteiger partial charge is 0.507 e. The number of hydrogen-bond donors (Lipinski definition) is 1. The molecule has 0 aliphatic heterocycles. The number of aromatic hydroxyl groups is 1. The van der Waals surface area contributed by atoms with Gasteiger partial charge in [0.1, 0.15) is 11.5 Å². The van der Waals surface area contributed by atoms with Crippen molar-refractivity contribution in [2.45, 2.75) is 26.1 Å². The number of phenols is 1. The normalized spacial score (nSPS) is 12.5. The first kappa shape index (κ1) is 13.8. The van der Waals surface area contributed by atoms with E-state index in [4.69, 9.17) is 16.3 Å². The Hall–Kier alpha value is -1.22. The number of alkyl halides is 1. The SMILES string of the molecule is CC(C)COc1ccc(O)c(C(=O)C(C)Cl)c1. The molecule has 1 rings (SSSR count). The van der Waals surface area contributed by atoms with Crippen molar-refractivity contribution in [1.82, 2.24) is 0 Å². The molecule has 3 nitrogen and oxygen atoms in total. The lowest BCUT2D eigenvalue weighted by Gasteiger charge is -2.11. The lowest BCUT2D eigenvalue weighted by Crippen LogP contribution is -2.11. The highest BCUT2D eigenvalue weighted by atomic mass is 35.5. The lowest BCUT2D eigenvalue weighted by molar-refractivity contribution is 0.0988. The van der Waals surface area contributed by atoms with Crippen molar-refractivity contribution >= 4 is 17.4 Å². The van der Waals surface area contributed by atoms with Crippen LogP contribution in [0.15, 0.2) is 18.2 Å². The van der Waals surface area contributed by atoms with Crippen LogP contribution in [0, 0.1) is 5.92 Å². The molecule has 1 aromatic carbocycles. The molecular formula is C13H17ClO3. The molecule has 0 aliphatic carbocycles. The highest BCUT2D eigenvalue weighted by molar-refractivity contribution is 6.33. The molecule has 0 radical (unpaired) electrons. The average Bonchev–Trinajstić information content (AvgIpc) is 2.26. The molecule has 0 amide bonds. The summed E-state index contributed by atoms with van der Waals surface area (Å²) < 4.78 is 5.49. The number of Topliss-reactive ketones (excluding diaryl/α,β-unsaturated/α-hetero) is 1. The third-order valence-electron chi connectivity index (χ3n) is 2.18. The lowest BCUT2D eigenvalue weighted by atomic mass is 10.1. The molecule has 0 fully saturated rings. The van der Waals surface area contributed by atoms with Crippen LogP contribution in [-0.2, 0) is 0 Å². The van der Waals surface area contributed by atoms with E-state index in [0.717, 1.165) is 0 Å². The van der Waals surface area contributed by atoms with Gasteiger partial charge < -0.3 is 9.84 Å². The molecule has 1 atom stereocenters. The zero-order valence-electron chi connectivity index (χ0n) is 10.2. The van der Waals surface area contributed by atoms with Crippen molar-refractivity contribution in [2.24, 2.45) is 5.92 Å². The minimum absolute atomic E-state index is 0.0700. The summed E-state index contributed by atoms with van der Waals surface area (Å²) in [7, 11) is 0. The van der Waals surface area contributed by atoms with Crippen molar-refractivity contribution in [3.63, 3.8) is 0 Å². The highest BCUT2D eigenvalue weighted by Gasteiger charge is 2.17. The fraction of sp³-hybridized carbons (Fsp3) is 0.462. The van der Waals surface area contributed by atoms with Gasteiger partial charge in [-0.05, 0) is 31.0 Å². The molecule has 4 heteroatoms. The molecule has 17 heavy (non-hydrogen) atoms. The predicted molar refractivity (Wildman–Crippen MR) is 68.1 cm³/mol. The molecular weight excluding hydrogens is 240 g/mol. The summed E-state index contributed by atoms with van der Waals surface area (Å²) in [6.45, 7) is 6.21. The van der Waals surface area contributed by atoms with Crippen molar-refractivity contribution in [3.8, 4) is 11.5 Å². The van der Waals surface area contributed by atoms with E-state index in [0.29, 0.717) is 18.3 Å². The highest BCUT2D eigenvalue weighted by Crippen LogP contribution is 2.25. The minimum atomic E-state index is -0.666. The monoisotopic (exact) mass is 256 g/mol. The Balaban J connectivity index is 2.90. The Morgan fingerprint density at radius 2 is 2.06 bits per heavy atom. The Labute approximate surface area is 106 Å². The third-order valence-corrected chi connectivity index (χ3v) is 2.38. The maximum absolute atomic E-state index is 11.7. The fourth-order valence-electron chi connectivity index (χ4n) is 1.28. The second kappa shape index (κ2) is 5.92. The number of carbonyl (C=O) groups excluding carboxylic acids is 1. The van der Waals surface area contributed by atoms with E-state index in [1.165, 1.54) is 12.1 Å². The summed E-state index contributed by atoms with van der Waals surface area (Å²) in [6.07, 6.45) is 0. The van der Waals surface area contributed by atoms with Crippen molar-refractivity contribution in [1.29, 1.82) is 0 Å². The second-order valence-electron chi connectivity index (χ2n) is 4.36. The summed E-state index contributed by atoms with van der Waals surface area (Å²) in [5.41, 5.74) is 0.203. The van der Waals surface area contributed by atoms with Crippen LogP contribution in [-0.4, -0.2) is 22.9 Å². The van der Waals surface area contributed by atoms with E-state index in [1.54, 1.807) is 13.0 Å². The zero-order chi connectivity index (χ0) is 13.0. The third kappa shape index (κ3) is 3.93. The summed E-state index contributed by atoms with van der Waals surface area (Å²) in [6, 6.07) is 4.61. The first-order chi connectivity index (χ1) is 7.91. The van der Waals surface area contributed by atoms with Crippen molar-refractivity contribution in [3.05, 3.63) is 23.8 Å². The van der Waals surface area contributed by atoms with Crippen molar-refractivity contribution in [2.75, 3.05) is 6.61 Å². The van der Waals surface area contributed by atoms with Gasteiger partial charge in [0.05, 0.1) is 17.5 Å². The maximum Gasteiger partial charge on any atom is 0.184 e. The number of hydrogen-bond acceptors (Lipinski definition) is 3. The summed E-state index contributed by atoms with van der Waals surface area (Å²) >= 11 is 5.71. The molecule has 1 N–H and O–H groups in total. The van der Waals surface area contributed by atoms with E-state index < -0.39 is 5.38 Å². The second-order valence-corrected chi connectivity index (χ2v) is 5.02. The number of carbonyl (C=O) groups is 1. The van der Waals surface area contributed by atoms with Crippen LogP contribution in [0.5, 0.6) is 11.5 Å². The average molecular weight is 257 g/mol. The van der Waals surface area contributed by atoms with Crippen molar-refractivity contribution < 1.29 is 14.6 Å². The van der Waals surface area contributed by atoms with Gasteiger partial charge in [-0.25, -0.2) is 0 Å². The van der Waals surface area contributed by atoms with Gasteiger partial charge >= 0.3 is 0 Å². The fourth-order valence-corrected chi connectivity index (χ4v) is 1.40. The molecule has 0 saturated heterocycles. The Morgan fingerprint density at radius 3 is 2.59 bits per heavy atom. The molecule has 0 spiro atoms. The van der Waals surface area contributed by atoms with Gasteiger partial charge in [0.15, 0.2) is 5.78 Å². The van der Waals surface area contributed by atoms with E-state index in [9.17, 15) is 9.90 Å². The molecule has 0 heterocycles. The van der Waals surface area contributed by atoms with Crippen LogP contribution < -0.4 is 4.74 Å². The van der Waals surface area contributed by atoms with Crippen LogP contribution in [0.3, 0.4) is 0 Å². The van der Waals surface area contributed by atoms with Crippen LogP contribution in [0.4, 0.5) is 0 Å². The smallest absolute Gasteiger partial charge is 0.184 e. The van der Waals surface area contributed by atoms with Gasteiger partial charge in [0.2, 0.25) is 0 Å². The van der Waals surface area contributed by atoms with Gasteiger partial charge in [-0.3, -0.25) is 4.79 Å². The molecule has 0 aliphatic rings. The molecule has 94 valence electrons. The first-order valence-corrected chi connectivity index (χ1v) is 5.99. The van der Waals surface area contributed by atoms with Crippen LogP contribution in [0.25, 0.3) is 0 Å². The number of ketones is 1. The van der Waals surface area contributed by atoms with Gasteiger partial charge in [-0.1, -0.05) is 13.8 Å². The van der Waals surface area contributed by atoms with Gasteiger partial charge in [-0.2, -0.15) is 0 Å². The van der Waals surface area contributed by atoms with E-state index >= 15 is 0 Å². The van der Waals surface area contributed by atoms with Gasteiger partial charge in [0.25, 0.3) is 0 Å². The maximum atomic E-state index is 11.7. The van der Waals surface area contributed by atoms with E-state index in [-0.39, 0.29) is 17.1 Å². The number of phenolic OH excluding ortho intramolecular Hbond substituents is 1. The van der Waals surface area contributed by atoms with Crippen LogP contribution >= 0.6 is 11.6 Å². The zero-order valence-corrected chi connectivity index (χ0v) is 11.0. The van der Waals surface area contributed by atoms with E-state index in [1.807, 2.05) is 13.8 Å². The Kier molecular flexibility index (Phi) is 4.82. The summed E-state index contributed by atoms with van der Waals surface area (Å²) in [5, 5.41) is 8.93. The van der Waals surface area contributed by atoms with Gasteiger partial charge in [-0.15, -0.1) is 11.6 Å². The number of benzene rings is 1. The molecule has 1 aromatic rings. The van der Waals surface area contributed by atoms with E-state index in [2.05, 4.69) is 0 Å². The quantitative estimate of drug-likeness (QED) is 0.650. The van der Waals surface area contributed by atoms with Gasteiger partial charge in [0, 0.05) is 0 Å².